The standard InChI is InChI=1S/C15H11Cl2F2NO/c16-8-3-12-14(1-2-21-15(12)13(17)4-8)20-11-6-9(18)5-10(19)7-11/h3-7,14,20H,1-2H2. The summed E-state index contributed by atoms with van der Waals surface area (Å²) in [5.41, 5.74) is 1.14. The lowest BCUT2D eigenvalue weighted by atomic mass is 10.00. The van der Waals surface area contributed by atoms with Crippen LogP contribution in [-0.2, 0) is 0 Å². The van der Waals surface area contributed by atoms with Gasteiger partial charge in [0.1, 0.15) is 17.4 Å². The van der Waals surface area contributed by atoms with E-state index in [2.05, 4.69) is 5.32 Å². The number of halogens is 4. The van der Waals surface area contributed by atoms with E-state index in [9.17, 15) is 8.78 Å². The quantitative estimate of drug-likeness (QED) is 0.816. The highest BCUT2D eigenvalue weighted by Crippen LogP contribution is 2.41. The summed E-state index contributed by atoms with van der Waals surface area (Å²) in [6.07, 6.45) is 0.641. The van der Waals surface area contributed by atoms with E-state index in [1.165, 1.54) is 12.1 Å². The summed E-state index contributed by atoms with van der Waals surface area (Å²) in [6.45, 7) is 0.462. The fourth-order valence-electron chi connectivity index (χ4n) is 2.41. The van der Waals surface area contributed by atoms with Gasteiger partial charge in [0.15, 0.2) is 0 Å². The van der Waals surface area contributed by atoms with Crippen molar-refractivity contribution in [3.05, 3.63) is 57.6 Å². The van der Waals surface area contributed by atoms with Crippen LogP contribution in [0.5, 0.6) is 5.75 Å². The van der Waals surface area contributed by atoms with Crippen LogP contribution in [0.1, 0.15) is 18.0 Å². The molecule has 0 aromatic heterocycles. The van der Waals surface area contributed by atoms with E-state index in [1.54, 1.807) is 12.1 Å². The molecule has 2 nitrogen and oxygen atoms in total. The maximum atomic E-state index is 13.3. The molecule has 0 saturated carbocycles. The lowest BCUT2D eigenvalue weighted by molar-refractivity contribution is 0.274. The zero-order valence-corrected chi connectivity index (χ0v) is 12.3. The van der Waals surface area contributed by atoms with Gasteiger partial charge in [-0.05, 0) is 24.3 Å². The Labute approximate surface area is 130 Å². The Morgan fingerprint density at radius 1 is 1.05 bits per heavy atom. The zero-order chi connectivity index (χ0) is 15.0. The molecule has 1 aliphatic heterocycles. The monoisotopic (exact) mass is 329 g/mol. The summed E-state index contributed by atoms with van der Waals surface area (Å²) in [7, 11) is 0. The third-order valence-corrected chi connectivity index (χ3v) is 3.77. The minimum absolute atomic E-state index is 0.175. The van der Waals surface area contributed by atoms with Crippen molar-refractivity contribution < 1.29 is 13.5 Å². The van der Waals surface area contributed by atoms with Crippen LogP contribution in [0.2, 0.25) is 10.0 Å². The minimum atomic E-state index is -0.631. The summed E-state index contributed by atoms with van der Waals surface area (Å²) in [6, 6.07) is 6.48. The highest BCUT2D eigenvalue weighted by molar-refractivity contribution is 6.35. The van der Waals surface area contributed by atoms with Crippen LogP contribution in [0.3, 0.4) is 0 Å². The van der Waals surface area contributed by atoms with E-state index in [4.69, 9.17) is 27.9 Å². The van der Waals surface area contributed by atoms with Gasteiger partial charge in [-0.2, -0.15) is 0 Å². The van der Waals surface area contributed by atoms with Gasteiger partial charge in [0.25, 0.3) is 0 Å². The number of hydrogen-bond acceptors (Lipinski definition) is 2. The topological polar surface area (TPSA) is 21.3 Å². The van der Waals surface area contributed by atoms with Gasteiger partial charge in [-0.1, -0.05) is 23.2 Å². The Morgan fingerprint density at radius 2 is 1.76 bits per heavy atom. The Morgan fingerprint density at radius 3 is 2.48 bits per heavy atom. The normalized spacial score (nSPS) is 17.0. The van der Waals surface area contributed by atoms with Crippen molar-refractivity contribution in [1.29, 1.82) is 0 Å². The van der Waals surface area contributed by atoms with E-state index in [1.807, 2.05) is 0 Å². The van der Waals surface area contributed by atoms with Crippen molar-refractivity contribution >= 4 is 28.9 Å². The number of ether oxygens (including phenoxy) is 1. The minimum Gasteiger partial charge on any atom is -0.492 e. The zero-order valence-electron chi connectivity index (χ0n) is 10.8. The van der Waals surface area contributed by atoms with Gasteiger partial charge >= 0.3 is 0 Å². The average molecular weight is 330 g/mol. The Kier molecular flexibility index (Phi) is 3.91. The second-order valence-corrected chi connectivity index (χ2v) is 5.64. The molecule has 1 heterocycles. The van der Waals surface area contributed by atoms with E-state index in [0.717, 1.165) is 11.6 Å². The number of rotatable bonds is 2. The maximum absolute atomic E-state index is 13.3. The molecule has 0 bridgehead atoms. The van der Waals surface area contributed by atoms with Crippen molar-refractivity contribution in [2.75, 3.05) is 11.9 Å². The largest absolute Gasteiger partial charge is 0.492 e. The molecule has 0 radical (unpaired) electrons. The van der Waals surface area contributed by atoms with E-state index >= 15 is 0 Å². The molecule has 2 aromatic rings. The molecular weight excluding hydrogens is 319 g/mol. The van der Waals surface area contributed by atoms with Crippen molar-refractivity contribution in [1.82, 2.24) is 0 Å². The molecule has 1 N–H and O–H groups in total. The number of anilines is 1. The first kappa shape index (κ1) is 14.4. The van der Waals surface area contributed by atoms with E-state index in [-0.39, 0.29) is 6.04 Å². The summed E-state index contributed by atoms with van der Waals surface area (Å²) >= 11 is 12.1. The SMILES string of the molecule is Fc1cc(F)cc(NC2CCOc3c(Cl)cc(Cl)cc32)c1. The summed E-state index contributed by atoms with van der Waals surface area (Å²) in [4.78, 5) is 0. The number of fused-ring (bicyclic) bond motifs is 1. The Hall–Kier alpha value is -1.52. The number of nitrogens with one attached hydrogen (secondary N) is 1. The highest BCUT2D eigenvalue weighted by Gasteiger charge is 2.24. The molecule has 110 valence electrons. The highest BCUT2D eigenvalue weighted by atomic mass is 35.5. The van der Waals surface area contributed by atoms with Gasteiger partial charge in [-0.25, -0.2) is 8.78 Å². The Balaban J connectivity index is 1.95. The van der Waals surface area contributed by atoms with Gasteiger partial charge < -0.3 is 10.1 Å². The molecule has 0 aliphatic carbocycles. The maximum Gasteiger partial charge on any atom is 0.143 e. The van der Waals surface area contributed by atoms with Crippen LogP contribution in [-0.4, -0.2) is 6.61 Å². The van der Waals surface area contributed by atoms with Crippen LogP contribution in [0.25, 0.3) is 0 Å². The van der Waals surface area contributed by atoms with Crippen molar-refractivity contribution in [3.8, 4) is 5.75 Å². The van der Waals surface area contributed by atoms with Crippen LogP contribution < -0.4 is 10.1 Å². The summed E-state index contributed by atoms with van der Waals surface area (Å²) < 4.78 is 32.1. The molecule has 0 spiro atoms. The van der Waals surface area contributed by atoms with E-state index < -0.39 is 11.6 Å². The number of benzene rings is 2. The predicted octanol–water partition coefficient (Wildman–Crippen LogP) is 5.21. The lowest BCUT2D eigenvalue weighted by Crippen LogP contribution is -2.20. The molecule has 1 atom stereocenters. The van der Waals surface area contributed by atoms with Crippen LogP contribution in [0.15, 0.2) is 30.3 Å². The van der Waals surface area contributed by atoms with Crippen molar-refractivity contribution in [2.45, 2.75) is 12.5 Å². The molecule has 0 amide bonds. The van der Waals surface area contributed by atoms with Gasteiger partial charge in [0.05, 0.1) is 17.7 Å². The van der Waals surface area contributed by atoms with E-state index in [0.29, 0.717) is 34.5 Å². The van der Waals surface area contributed by atoms with Gasteiger partial charge in [0.2, 0.25) is 0 Å². The first-order valence-electron chi connectivity index (χ1n) is 6.37. The smallest absolute Gasteiger partial charge is 0.143 e. The first-order chi connectivity index (χ1) is 10.0. The molecule has 6 heteroatoms. The van der Waals surface area contributed by atoms with Crippen LogP contribution >= 0.6 is 23.2 Å². The molecule has 3 rings (SSSR count). The van der Waals surface area contributed by atoms with Crippen molar-refractivity contribution in [2.24, 2.45) is 0 Å². The average Bonchev–Trinajstić information content (AvgIpc) is 2.38. The lowest BCUT2D eigenvalue weighted by Gasteiger charge is -2.28. The van der Waals surface area contributed by atoms with Crippen LogP contribution in [0.4, 0.5) is 14.5 Å². The molecule has 0 fully saturated rings. The van der Waals surface area contributed by atoms with Crippen LogP contribution in [0, 0.1) is 11.6 Å². The molecule has 0 saturated heterocycles. The Bertz CT molecular complexity index is 673. The number of hydrogen-bond donors (Lipinski definition) is 1. The molecule has 21 heavy (non-hydrogen) atoms. The molecular formula is C15H11Cl2F2NO. The summed E-state index contributed by atoms with van der Waals surface area (Å²) in [5, 5.41) is 4.01. The molecule has 1 unspecified atom stereocenters. The third-order valence-electron chi connectivity index (χ3n) is 3.27. The summed E-state index contributed by atoms with van der Waals surface area (Å²) in [5.74, 6) is -0.704. The molecule has 2 aromatic carbocycles. The second kappa shape index (κ2) is 5.70. The van der Waals surface area contributed by atoms with Gasteiger partial charge in [0, 0.05) is 28.8 Å². The second-order valence-electron chi connectivity index (χ2n) is 4.80. The third kappa shape index (κ3) is 3.06. The fraction of sp³-hybridized carbons (Fsp3) is 0.200. The van der Waals surface area contributed by atoms with Gasteiger partial charge in [-0.3, -0.25) is 0 Å². The van der Waals surface area contributed by atoms with Gasteiger partial charge in [-0.15, -0.1) is 0 Å². The van der Waals surface area contributed by atoms with Crippen molar-refractivity contribution in [3.63, 3.8) is 0 Å². The fourth-order valence-corrected chi connectivity index (χ4v) is 2.98. The predicted molar refractivity (Wildman–Crippen MR) is 79.3 cm³/mol. The molecule has 1 aliphatic rings. The first-order valence-corrected chi connectivity index (χ1v) is 7.13.